The molecule has 1 aromatic rings. The fraction of sp³-hybridized carbons (Fsp3) is 0.500. The molecule has 148 valence electrons. The summed E-state index contributed by atoms with van der Waals surface area (Å²) < 4.78 is 12.3. The summed E-state index contributed by atoms with van der Waals surface area (Å²) in [6, 6.07) is 0. The van der Waals surface area contributed by atoms with Crippen molar-refractivity contribution in [3.05, 3.63) is 41.7 Å². The Hall–Kier alpha value is -2.05. The van der Waals surface area contributed by atoms with Gasteiger partial charge in [-0.15, -0.1) is 0 Å². The van der Waals surface area contributed by atoms with Crippen molar-refractivity contribution in [2.75, 3.05) is 25.2 Å². The smallest absolute Gasteiger partial charge is 0.415 e. The predicted octanol–water partition coefficient (Wildman–Crippen LogP) is 4.92. The maximum absolute atomic E-state index is 12.7. The highest BCUT2D eigenvalue weighted by molar-refractivity contribution is 6.32. The van der Waals surface area contributed by atoms with Crippen LogP contribution in [-0.2, 0) is 9.47 Å². The normalized spacial score (nSPS) is 17.3. The van der Waals surface area contributed by atoms with Crippen molar-refractivity contribution in [3.8, 4) is 0 Å². The number of hydrogen-bond acceptors (Lipinski definition) is 4. The van der Waals surface area contributed by atoms with Gasteiger partial charge in [0, 0.05) is 7.11 Å². The van der Waals surface area contributed by atoms with E-state index >= 15 is 0 Å². The molecule has 0 saturated carbocycles. The van der Waals surface area contributed by atoms with Crippen LogP contribution in [0.15, 0.2) is 36.6 Å². The average Bonchev–Trinajstić information content (AvgIpc) is 2.91. The molecular weight excluding hydrogens is 366 g/mol. The summed E-state index contributed by atoms with van der Waals surface area (Å²) in [5.41, 5.74) is 0.732. The minimum Gasteiger partial charge on any atom is -0.443 e. The SMILES string of the molecule is COCCN(C(=O)OC(C)(C)C)c1cn(C2=CC=CC(C)CC=C2)nc1Cl. The Morgan fingerprint density at radius 3 is 2.85 bits per heavy atom. The third-order valence-electron chi connectivity index (χ3n) is 3.84. The highest BCUT2D eigenvalue weighted by atomic mass is 35.5. The Bertz CT molecular complexity index is 744. The van der Waals surface area contributed by atoms with E-state index in [-0.39, 0.29) is 5.15 Å². The number of carbonyl (C=O) groups is 1. The van der Waals surface area contributed by atoms with E-state index in [4.69, 9.17) is 21.1 Å². The number of allylic oxidation sites excluding steroid dienone is 6. The molecule has 1 aliphatic carbocycles. The predicted molar refractivity (Wildman–Crippen MR) is 109 cm³/mol. The number of aromatic nitrogens is 2. The molecule has 6 nitrogen and oxygen atoms in total. The summed E-state index contributed by atoms with van der Waals surface area (Å²) in [6.45, 7) is 8.29. The summed E-state index contributed by atoms with van der Waals surface area (Å²) in [6.07, 6.45) is 12.4. The standard InChI is InChI=1S/C20H28ClN3O3/c1-15-8-6-10-16(11-7-9-15)24-14-17(18(21)22-24)23(12-13-26-5)19(25)27-20(2,3)4/h6-8,10-11,14-15H,9,12-13H2,1-5H3. The lowest BCUT2D eigenvalue weighted by Gasteiger charge is -2.26. The summed E-state index contributed by atoms with van der Waals surface area (Å²) in [7, 11) is 1.58. The van der Waals surface area contributed by atoms with Crippen LogP contribution in [-0.4, -0.2) is 41.7 Å². The number of anilines is 1. The molecule has 1 aliphatic rings. The Morgan fingerprint density at radius 1 is 1.44 bits per heavy atom. The average molecular weight is 394 g/mol. The summed E-state index contributed by atoms with van der Waals surface area (Å²) in [5, 5.41) is 4.60. The second kappa shape index (κ2) is 9.24. The van der Waals surface area contributed by atoms with Crippen molar-refractivity contribution >= 4 is 29.1 Å². The monoisotopic (exact) mass is 393 g/mol. The number of amides is 1. The number of hydrogen-bond donors (Lipinski definition) is 0. The fourth-order valence-electron chi connectivity index (χ4n) is 2.50. The molecule has 2 rings (SSSR count). The number of halogens is 1. The third-order valence-corrected chi connectivity index (χ3v) is 4.11. The van der Waals surface area contributed by atoms with E-state index in [0.29, 0.717) is 24.8 Å². The minimum absolute atomic E-state index is 0.227. The summed E-state index contributed by atoms with van der Waals surface area (Å²) in [5.74, 6) is 0.493. The maximum Gasteiger partial charge on any atom is 0.415 e. The van der Waals surface area contributed by atoms with Crippen molar-refractivity contribution in [1.82, 2.24) is 9.78 Å². The van der Waals surface area contributed by atoms with Gasteiger partial charge in [0.2, 0.25) is 0 Å². The lowest BCUT2D eigenvalue weighted by Crippen LogP contribution is -2.38. The van der Waals surface area contributed by atoms with Gasteiger partial charge in [-0.3, -0.25) is 4.90 Å². The van der Waals surface area contributed by atoms with E-state index in [1.165, 1.54) is 4.90 Å². The number of methoxy groups -OCH3 is 1. The fourth-order valence-corrected chi connectivity index (χ4v) is 2.73. The first kappa shape index (κ1) is 21.3. The second-order valence-electron chi connectivity index (χ2n) is 7.47. The first-order valence-electron chi connectivity index (χ1n) is 9.01. The second-order valence-corrected chi connectivity index (χ2v) is 7.82. The molecule has 7 heteroatoms. The molecule has 0 radical (unpaired) electrons. The van der Waals surface area contributed by atoms with Crippen LogP contribution in [0.2, 0.25) is 5.15 Å². The Balaban J connectivity index is 2.33. The Kier molecular flexibility index (Phi) is 7.27. The van der Waals surface area contributed by atoms with E-state index in [9.17, 15) is 4.79 Å². The molecule has 0 fully saturated rings. The maximum atomic E-state index is 12.7. The zero-order valence-electron chi connectivity index (χ0n) is 16.6. The van der Waals surface area contributed by atoms with Crippen molar-refractivity contribution in [1.29, 1.82) is 0 Å². The van der Waals surface area contributed by atoms with Gasteiger partial charge in [-0.1, -0.05) is 36.8 Å². The first-order valence-corrected chi connectivity index (χ1v) is 9.39. The topological polar surface area (TPSA) is 56.6 Å². The van der Waals surface area contributed by atoms with Crippen molar-refractivity contribution < 1.29 is 14.3 Å². The van der Waals surface area contributed by atoms with Gasteiger partial charge >= 0.3 is 6.09 Å². The molecule has 0 N–H and O–H groups in total. The van der Waals surface area contributed by atoms with Crippen molar-refractivity contribution in [3.63, 3.8) is 0 Å². The van der Waals surface area contributed by atoms with Gasteiger partial charge in [0.05, 0.1) is 25.0 Å². The highest BCUT2D eigenvalue weighted by Gasteiger charge is 2.26. The quantitative estimate of drug-likeness (QED) is 0.712. The molecule has 1 atom stereocenters. The lowest BCUT2D eigenvalue weighted by molar-refractivity contribution is 0.0569. The van der Waals surface area contributed by atoms with Gasteiger partial charge in [0.15, 0.2) is 5.15 Å². The van der Waals surface area contributed by atoms with Crippen molar-refractivity contribution in [2.24, 2.45) is 5.92 Å². The van der Waals surface area contributed by atoms with Crippen LogP contribution >= 0.6 is 11.6 Å². The van der Waals surface area contributed by atoms with Gasteiger partial charge in [0.1, 0.15) is 11.3 Å². The summed E-state index contributed by atoms with van der Waals surface area (Å²) in [4.78, 5) is 14.1. The Morgan fingerprint density at radius 2 is 2.19 bits per heavy atom. The van der Waals surface area contributed by atoms with Crippen LogP contribution in [0.3, 0.4) is 0 Å². The minimum atomic E-state index is -0.614. The van der Waals surface area contributed by atoms with Gasteiger partial charge in [-0.25, -0.2) is 9.48 Å². The van der Waals surface area contributed by atoms with Crippen LogP contribution in [0.5, 0.6) is 0 Å². The van der Waals surface area contributed by atoms with Crippen molar-refractivity contribution in [2.45, 2.75) is 39.7 Å². The van der Waals surface area contributed by atoms with Crippen LogP contribution < -0.4 is 4.90 Å². The molecule has 0 aromatic carbocycles. The van der Waals surface area contributed by atoms with Crippen LogP contribution in [0, 0.1) is 5.92 Å². The van der Waals surface area contributed by atoms with Gasteiger partial charge < -0.3 is 9.47 Å². The molecule has 1 heterocycles. The van der Waals surface area contributed by atoms with Gasteiger partial charge in [-0.05, 0) is 45.3 Å². The van der Waals surface area contributed by atoms with Crippen LogP contribution in [0.4, 0.5) is 10.5 Å². The highest BCUT2D eigenvalue weighted by Crippen LogP contribution is 2.28. The van der Waals surface area contributed by atoms with Crippen LogP contribution in [0.1, 0.15) is 34.1 Å². The number of ether oxygens (including phenoxy) is 2. The molecule has 1 aromatic heterocycles. The zero-order valence-corrected chi connectivity index (χ0v) is 17.4. The third kappa shape index (κ3) is 6.26. The largest absolute Gasteiger partial charge is 0.443 e. The van der Waals surface area contributed by atoms with Gasteiger partial charge in [-0.2, -0.15) is 5.10 Å². The number of carbonyl (C=O) groups excluding carboxylic acids is 1. The Labute approximate surface area is 166 Å². The molecule has 0 bridgehead atoms. The molecular formula is C20H28ClN3O3. The molecule has 27 heavy (non-hydrogen) atoms. The van der Waals surface area contributed by atoms with E-state index in [1.807, 2.05) is 39.0 Å². The first-order chi connectivity index (χ1) is 12.7. The molecule has 0 aliphatic heterocycles. The lowest BCUT2D eigenvalue weighted by atomic mass is 10.1. The van der Waals surface area contributed by atoms with Gasteiger partial charge in [0.25, 0.3) is 0 Å². The molecule has 1 amide bonds. The molecule has 1 unspecified atom stereocenters. The number of rotatable bonds is 5. The van der Waals surface area contributed by atoms with E-state index < -0.39 is 11.7 Å². The molecule has 0 saturated heterocycles. The zero-order chi connectivity index (χ0) is 20.0. The molecule has 0 spiro atoms. The van der Waals surface area contributed by atoms with E-state index in [2.05, 4.69) is 24.2 Å². The van der Waals surface area contributed by atoms with E-state index in [0.717, 1.165) is 12.1 Å². The summed E-state index contributed by atoms with van der Waals surface area (Å²) >= 11 is 6.36. The van der Waals surface area contributed by atoms with Crippen LogP contribution in [0.25, 0.3) is 5.70 Å². The van der Waals surface area contributed by atoms with E-state index in [1.54, 1.807) is 18.0 Å². The number of nitrogens with zero attached hydrogens (tertiary/aromatic N) is 3.